The van der Waals surface area contributed by atoms with Crippen LogP contribution >= 0.6 is 0 Å². The summed E-state index contributed by atoms with van der Waals surface area (Å²) in [6, 6.07) is 9.98. The zero-order valence-electron chi connectivity index (χ0n) is 13.3. The summed E-state index contributed by atoms with van der Waals surface area (Å²) < 4.78 is 10.9. The third kappa shape index (κ3) is 6.87. The fourth-order valence-electron chi connectivity index (χ4n) is 2.26. The monoisotopic (exact) mass is 316 g/mol. The van der Waals surface area contributed by atoms with Gasteiger partial charge in [-0.1, -0.05) is 42.2 Å². The quantitative estimate of drug-likeness (QED) is 0.625. The Bertz CT molecular complexity index is 541. The summed E-state index contributed by atoms with van der Waals surface area (Å²) in [7, 11) is 0. The second-order valence-corrected chi connectivity index (χ2v) is 5.47. The van der Waals surface area contributed by atoms with Crippen molar-refractivity contribution in [1.82, 2.24) is 0 Å². The minimum atomic E-state index is -0.741. The van der Waals surface area contributed by atoms with E-state index in [1.54, 1.807) is 6.08 Å². The van der Waals surface area contributed by atoms with E-state index >= 15 is 0 Å². The van der Waals surface area contributed by atoms with Gasteiger partial charge in [-0.25, -0.2) is 0 Å². The lowest BCUT2D eigenvalue weighted by Crippen LogP contribution is -2.20. The van der Waals surface area contributed by atoms with Crippen LogP contribution in [0.2, 0.25) is 0 Å². The number of rotatable bonds is 6. The summed E-state index contributed by atoms with van der Waals surface area (Å²) in [6.07, 6.45) is 2.97. The summed E-state index contributed by atoms with van der Waals surface area (Å²) in [6.45, 7) is 1.74. The van der Waals surface area contributed by atoms with Crippen molar-refractivity contribution in [1.29, 1.82) is 0 Å². The number of ether oxygens (including phenoxy) is 2. The van der Waals surface area contributed by atoms with E-state index in [1.807, 2.05) is 30.3 Å². The first-order valence-corrected chi connectivity index (χ1v) is 8.05. The smallest absolute Gasteiger partial charge is 0.121 e. The molecule has 124 valence electrons. The summed E-state index contributed by atoms with van der Waals surface area (Å²) in [5.74, 6) is 6.25. The fraction of sp³-hybridized carbons (Fsp3) is 0.474. The Kier molecular flexibility index (Phi) is 7.68. The molecule has 1 aromatic carbocycles. The van der Waals surface area contributed by atoms with Gasteiger partial charge in [-0.2, -0.15) is 0 Å². The molecule has 1 heterocycles. The molecule has 0 spiro atoms. The van der Waals surface area contributed by atoms with Gasteiger partial charge in [0.15, 0.2) is 0 Å². The first kappa shape index (κ1) is 17.6. The van der Waals surface area contributed by atoms with Crippen LogP contribution in [0, 0.1) is 11.8 Å². The van der Waals surface area contributed by atoms with E-state index in [0.717, 1.165) is 12.0 Å². The van der Waals surface area contributed by atoms with Crippen LogP contribution in [-0.2, 0) is 16.1 Å². The van der Waals surface area contributed by atoms with Crippen LogP contribution in [0.5, 0.6) is 0 Å². The number of hydrogen-bond donors (Lipinski definition) is 2. The van der Waals surface area contributed by atoms with Crippen molar-refractivity contribution < 1.29 is 19.7 Å². The Hall–Kier alpha value is -1.80. The second kappa shape index (κ2) is 10.1. The van der Waals surface area contributed by atoms with E-state index in [1.165, 1.54) is 0 Å². The van der Waals surface area contributed by atoms with Crippen molar-refractivity contribution in [2.75, 3.05) is 13.2 Å². The zero-order chi connectivity index (χ0) is 16.3. The molecule has 0 bridgehead atoms. The van der Waals surface area contributed by atoms with Crippen molar-refractivity contribution >= 4 is 0 Å². The number of aliphatic hydroxyl groups excluding tert-OH is 2. The molecule has 1 aromatic rings. The lowest BCUT2D eigenvalue weighted by molar-refractivity contribution is 0.0538. The highest BCUT2D eigenvalue weighted by Crippen LogP contribution is 2.17. The molecule has 2 rings (SSSR count). The van der Waals surface area contributed by atoms with Gasteiger partial charge in [0.25, 0.3) is 0 Å². The Labute approximate surface area is 137 Å². The Balaban J connectivity index is 1.61. The molecule has 0 saturated carbocycles. The van der Waals surface area contributed by atoms with E-state index in [4.69, 9.17) is 9.47 Å². The first-order valence-electron chi connectivity index (χ1n) is 8.05. The molecule has 0 amide bonds. The van der Waals surface area contributed by atoms with Gasteiger partial charge in [0.1, 0.15) is 18.0 Å². The summed E-state index contributed by atoms with van der Waals surface area (Å²) in [5, 5.41) is 19.5. The lowest BCUT2D eigenvalue weighted by atomic mass is 10.1. The molecule has 1 aliphatic rings. The van der Waals surface area contributed by atoms with Crippen LogP contribution in [0.15, 0.2) is 42.2 Å². The highest BCUT2D eigenvalue weighted by atomic mass is 16.5. The molecule has 0 radical (unpaired) electrons. The third-order valence-corrected chi connectivity index (χ3v) is 3.51. The van der Waals surface area contributed by atoms with Crippen molar-refractivity contribution in [3.63, 3.8) is 0 Å². The number of hydrogen-bond acceptors (Lipinski definition) is 4. The van der Waals surface area contributed by atoms with Crippen LogP contribution < -0.4 is 0 Å². The van der Waals surface area contributed by atoms with Crippen molar-refractivity contribution in [2.45, 2.75) is 44.5 Å². The fourth-order valence-corrected chi connectivity index (χ4v) is 2.26. The average molecular weight is 316 g/mol. The standard InChI is InChI=1S/C19H24O4/c20-17(11-12-19-18(21)10-6-14-23-19)9-4-5-13-22-15-16-7-2-1-3-8-16/h1-3,7-8,12,17-18,20-21H,5-6,10-11,13-15H2/t17-,18+/m1/s1. The molecular formula is C19H24O4. The molecule has 23 heavy (non-hydrogen) atoms. The third-order valence-electron chi connectivity index (χ3n) is 3.51. The minimum absolute atomic E-state index is 0.365. The average Bonchev–Trinajstić information content (AvgIpc) is 2.58. The van der Waals surface area contributed by atoms with E-state index in [9.17, 15) is 10.2 Å². The minimum Gasteiger partial charge on any atom is -0.496 e. The number of benzene rings is 1. The zero-order valence-corrected chi connectivity index (χ0v) is 13.3. The van der Waals surface area contributed by atoms with Gasteiger partial charge in [-0.15, -0.1) is 0 Å². The van der Waals surface area contributed by atoms with Crippen LogP contribution in [0.3, 0.4) is 0 Å². The van der Waals surface area contributed by atoms with Crippen LogP contribution in [0.1, 0.15) is 31.2 Å². The van der Waals surface area contributed by atoms with Crippen molar-refractivity contribution in [3.05, 3.63) is 47.7 Å². The lowest BCUT2D eigenvalue weighted by Gasteiger charge is -2.21. The Morgan fingerprint density at radius 2 is 2.17 bits per heavy atom. The molecule has 1 saturated heterocycles. The summed E-state index contributed by atoms with van der Waals surface area (Å²) in [4.78, 5) is 0. The van der Waals surface area contributed by atoms with Crippen LogP contribution in [0.25, 0.3) is 0 Å². The molecule has 0 unspecified atom stereocenters. The first-order chi connectivity index (χ1) is 11.3. The van der Waals surface area contributed by atoms with Crippen molar-refractivity contribution in [2.24, 2.45) is 0 Å². The topological polar surface area (TPSA) is 58.9 Å². The number of aliphatic hydroxyl groups is 2. The maximum Gasteiger partial charge on any atom is 0.121 e. The normalized spacial score (nSPS) is 20.4. The van der Waals surface area contributed by atoms with Gasteiger partial charge in [0.05, 0.1) is 19.8 Å². The maximum atomic E-state index is 9.80. The van der Waals surface area contributed by atoms with Gasteiger partial charge in [-0.05, 0) is 24.5 Å². The molecule has 2 N–H and O–H groups in total. The second-order valence-electron chi connectivity index (χ2n) is 5.47. The van der Waals surface area contributed by atoms with E-state index in [0.29, 0.717) is 44.8 Å². The molecular weight excluding hydrogens is 292 g/mol. The molecule has 4 nitrogen and oxygen atoms in total. The predicted molar refractivity (Wildman–Crippen MR) is 88.4 cm³/mol. The molecule has 0 aliphatic carbocycles. The van der Waals surface area contributed by atoms with Gasteiger partial charge >= 0.3 is 0 Å². The van der Waals surface area contributed by atoms with Gasteiger partial charge in [-0.3, -0.25) is 0 Å². The summed E-state index contributed by atoms with van der Waals surface area (Å²) >= 11 is 0. The highest BCUT2D eigenvalue weighted by molar-refractivity contribution is 5.13. The molecule has 0 aromatic heterocycles. The van der Waals surface area contributed by atoms with E-state index in [2.05, 4.69) is 11.8 Å². The van der Waals surface area contributed by atoms with Crippen LogP contribution in [0.4, 0.5) is 0 Å². The molecule has 1 aliphatic heterocycles. The Morgan fingerprint density at radius 3 is 2.96 bits per heavy atom. The molecule has 2 atom stereocenters. The largest absolute Gasteiger partial charge is 0.496 e. The summed E-state index contributed by atoms with van der Waals surface area (Å²) in [5.41, 5.74) is 1.14. The van der Waals surface area contributed by atoms with Gasteiger partial charge in [0.2, 0.25) is 0 Å². The highest BCUT2D eigenvalue weighted by Gasteiger charge is 2.17. The van der Waals surface area contributed by atoms with Crippen LogP contribution in [-0.4, -0.2) is 35.6 Å². The van der Waals surface area contributed by atoms with Gasteiger partial charge < -0.3 is 19.7 Å². The van der Waals surface area contributed by atoms with Gasteiger partial charge in [0, 0.05) is 12.8 Å². The maximum absolute atomic E-state index is 9.80. The van der Waals surface area contributed by atoms with E-state index < -0.39 is 12.2 Å². The molecule has 1 fully saturated rings. The predicted octanol–water partition coefficient (Wildman–Crippen LogP) is 2.40. The van der Waals surface area contributed by atoms with Crippen molar-refractivity contribution in [3.8, 4) is 11.8 Å². The Morgan fingerprint density at radius 1 is 1.35 bits per heavy atom. The SMILES string of the molecule is O[C@H](C#CCCOCc1ccccc1)CC=C1OCCC[C@@H]1O. The van der Waals surface area contributed by atoms with E-state index in [-0.39, 0.29) is 0 Å². The molecule has 4 heteroatoms.